The Morgan fingerprint density at radius 3 is 2.13 bits per heavy atom. The lowest BCUT2D eigenvalue weighted by Crippen LogP contribution is -2.36. The fraction of sp³-hybridized carbons (Fsp3) is 0.143. The first-order chi connectivity index (χ1) is 10.6. The highest BCUT2D eigenvalue weighted by Crippen LogP contribution is 2.34. The molecule has 0 unspecified atom stereocenters. The summed E-state index contributed by atoms with van der Waals surface area (Å²) < 4.78 is 52.3. The van der Waals surface area contributed by atoms with E-state index in [-0.39, 0.29) is 25.6 Å². The molecule has 0 heterocycles. The predicted molar refractivity (Wildman–Crippen MR) is 88.3 cm³/mol. The molecule has 2 rings (SSSR count). The molecular formula is C14H10Cl3F2NO2S. The Balaban J connectivity index is 2.67. The second kappa shape index (κ2) is 6.81. The average molecular weight is 401 g/mol. The van der Waals surface area contributed by atoms with Crippen LogP contribution >= 0.6 is 34.8 Å². The van der Waals surface area contributed by atoms with E-state index in [1.54, 1.807) is 0 Å². The summed E-state index contributed by atoms with van der Waals surface area (Å²) in [5, 5.41) is 0.167. The van der Waals surface area contributed by atoms with Crippen LogP contribution in [0, 0.1) is 6.92 Å². The topological polar surface area (TPSA) is 37.4 Å². The summed E-state index contributed by atoms with van der Waals surface area (Å²) in [4.78, 5) is -0.499. The van der Waals surface area contributed by atoms with Gasteiger partial charge in [-0.05, 0) is 48.9 Å². The van der Waals surface area contributed by atoms with Crippen molar-refractivity contribution in [3.63, 3.8) is 0 Å². The molecule has 0 atom stereocenters. The van der Waals surface area contributed by atoms with Gasteiger partial charge in [0.1, 0.15) is 4.90 Å². The van der Waals surface area contributed by atoms with Crippen LogP contribution in [0.1, 0.15) is 5.56 Å². The lowest BCUT2D eigenvalue weighted by molar-refractivity contribution is 0.162. The van der Waals surface area contributed by atoms with Crippen molar-refractivity contribution >= 4 is 50.5 Å². The van der Waals surface area contributed by atoms with Crippen molar-refractivity contribution in [1.82, 2.24) is 0 Å². The minimum absolute atomic E-state index is 0.00377. The first-order valence-corrected chi connectivity index (χ1v) is 8.76. The maximum atomic E-state index is 13.5. The number of nitrogens with zero attached hydrogens (tertiary/aromatic N) is 1. The Hall–Kier alpha value is -1.08. The number of benzene rings is 2. The molecule has 9 heteroatoms. The second-order valence-electron chi connectivity index (χ2n) is 4.58. The van der Waals surface area contributed by atoms with Crippen molar-refractivity contribution < 1.29 is 17.2 Å². The zero-order valence-electron chi connectivity index (χ0n) is 11.6. The standard InChI is InChI=1S/C14H10Cl3F2NO2S/c1-8-6-9(15)3-5-12(8)20(14(18)19)23(21,22)13-7-10(16)2-4-11(13)17/h2-7,14H,1H3. The highest BCUT2D eigenvalue weighted by Gasteiger charge is 2.34. The third-order valence-electron chi connectivity index (χ3n) is 3.00. The smallest absolute Gasteiger partial charge is 0.206 e. The third kappa shape index (κ3) is 3.71. The zero-order valence-corrected chi connectivity index (χ0v) is 14.7. The van der Waals surface area contributed by atoms with Crippen LogP contribution in [0.3, 0.4) is 0 Å². The van der Waals surface area contributed by atoms with Crippen LogP contribution in [0.25, 0.3) is 0 Å². The molecule has 0 saturated heterocycles. The molecule has 23 heavy (non-hydrogen) atoms. The van der Waals surface area contributed by atoms with E-state index in [2.05, 4.69) is 0 Å². The second-order valence-corrected chi connectivity index (χ2v) is 7.65. The quantitative estimate of drug-likeness (QED) is 0.647. The molecule has 0 amide bonds. The van der Waals surface area contributed by atoms with Crippen molar-refractivity contribution in [2.75, 3.05) is 4.31 Å². The lowest BCUT2D eigenvalue weighted by atomic mass is 10.2. The molecule has 0 saturated carbocycles. The van der Waals surface area contributed by atoms with Crippen molar-refractivity contribution in [2.45, 2.75) is 18.4 Å². The van der Waals surface area contributed by atoms with Crippen LogP contribution in [0.5, 0.6) is 0 Å². The van der Waals surface area contributed by atoms with E-state index >= 15 is 0 Å². The highest BCUT2D eigenvalue weighted by molar-refractivity contribution is 7.93. The van der Waals surface area contributed by atoms with Crippen molar-refractivity contribution in [3.8, 4) is 0 Å². The number of hydrogen-bond acceptors (Lipinski definition) is 2. The molecule has 3 nitrogen and oxygen atoms in total. The summed E-state index contributed by atoms with van der Waals surface area (Å²) in [5.41, 5.74) is 0.0833. The van der Waals surface area contributed by atoms with Gasteiger partial charge >= 0.3 is 6.55 Å². The van der Waals surface area contributed by atoms with E-state index < -0.39 is 21.5 Å². The molecule has 0 radical (unpaired) electrons. The minimum atomic E-state index is -4.62. The monoisotopic (exact) mass is 399 g/mol. The van der Waals surface area contributed by atoms with Gasteiger partial charge in [0.15, 0.2) is 0 Å². The SMILES string of the molecule is Cc1cc(Cl)ccc1N(C(F)F)S(=O)(=O)c1cc(Cl)ccc1Cl. The Kier molecular flexibility index (Phi) is 5.41. The van der Waals surface area contributed by atoms with Gasteiger partial charge in [0.2, 0.25) is 0 Å². The predicted octanol–water partition coefficient (Wildman–Crippen LogP) is 5.37. The van der Waals surface area contributed by atoms with Gasteiger partial charge in [-0.3, -0.25) is 0 Å². The van der Waals surface area contributed by atoms with Gasteiger partial charge in [-0.25, -0.2) is 12.7 Å². The van der Waals surface area contributed by atoms with Crippen LogP contribution in [-0.2, 0) is 10.0 Å². The van der Waals surface area contributed by atoms with Crippen LogP contribution < -0.4 is 4.31 Å². The summed E-state index contributed by atoms with van der Waals surface area (Å²) >= 11 is 17.4. The molecule has 0 fully saturated rings. The summed E-state index contributed by atoms with van der Waals surface area (Å²) in [6, 6.07) is 7.55. The van der Waals surface area contributed by atoms with Gasteiger partial charge in [0.25, 0.3) is 10.0 Å². The number of alkyl halides is 2. The Bertz CT molecular complexity index is 844. The van der Waals surface area contributed by atoms with E-state index in [0.717, 1.165) is 6.07 Å². The number of sulfonamides is 1. The summed E-state index contributed by atoms with van der Waals surface area (Å²) in [6.07, 6.45) is 0. The Morgan fingerprint density at radius 2 is 1.57 bits per heavy atom. The van der Waals surface area contributed by atoms with E-state index in [4.69, 9.17) is 34.8 Å². The first-order valence-electron chi connectivity index (χ1n) is 6.18. The van der Waals surface area contributed by atoms with Crippen LogP contribution in [0.4, 0.5) is 14.5 Å². The first kappa shape index (κ1) is 18.3. The van der Waals surface area contributed by atoms with Gasteiger partial charge in [-0.15, -0.1) is 0 Å². The van der Waals surface area contributed by atoms with Crippen LogP contribution in [-0.4, -0.2) is 15.0 Å². The summed E-state index contributed by atoms with van der Waals surface area (Å²) in [5.74, 6) is 0. The molecule has 2 aromatic rings. The number of rotatable bonds is 4. The normalized spacial score (nSPS) is 11.8. The van der Waals surface area contributed by atoms with E-state index in [1.807, 2.05) is 0 Å². The van der Waals surface area contributed by atoms with Gasteiger partial charge in [-0.1, -0.05) is 34.8 Å². The summed E-state index contributed by atoms with van der Waals surface area (Å²) in [6.45, 7) is -1.83. The molecule has 0 aliphatic rings. The number of hydrogen-bond donors (Lipinski definition) is 0. The van der Waals surface area contributed by atoms with Crippen molar-refractivity contribution in [1.29, 1.82) is 0 Å². The van der Waals surface area contributed by atoms with Gasteiger partial charge in [-0.2, -0.15) is 8.78 Å². The van der Waals surface area contributed by atoms with E-state index in [1.165, 1.54) is 37.3 Å². The summed E-state index contributed by atoms with van der Waals surface area (Å²) in [7, 11) is -4.62. The zero-order chi connectivity index (χ0) is 17.4. The lowest BCUT2D eigenvalue weighted by Gasteiger charge is -2.25. The number of aryl methyl sites for hydroxylation is 1. The molecule has 0 aromatic heterocycles. The molecule has 2 aromatic carbocycles. The average Bonchev–Trinajstić information content (AvgIpc) is 2.43. The van der Waals surface area contributed by atoms with Gasteiger partial charge in [0.05, 0.1) is 10.7 Å². The highest BCUT2D eigenvalue weighted by atomic mass is 35.5. The largest absolute Gasteiger partial charge is 0.328 e. The van der Waals surface area contributed by atoms with Crippen LogP contribution in [0.15, 0.2) is 41.3 Å². The maximum Gasteiger partial charge on any atom is 0.328 e. The molecule has 0 aliphatic carbocycles. The molecule has 0 aliphatic heterocycles. The van der Waals surface area contributed by atoms with Gasteiger partial charge in [0, 0.05) is 10.0 Å². The number of halogens is 5. The van der Waals surface area contributed by atoms with Crippen LogP contribution in [0.2, 0.25) is 15.1 Å². The molecule has 124 valence electrons. The Labute approximate surface area is 147 Å². The number of anilines is 1. The molecule has 0 N–H and O–H groups in total. The van der Waals surface area contributed by atoms with Crippen molar-refractivity contribution in [3.05, 3.63) is 57.0 Å². The third-order valence-corrected chi connectivity index (χ3v) is 5.68. The van der Waals surface area contributed by atoms with Crippen molar-refractivity contribution in [2.24, 2.45) is 0 Å². The maximum absolute atomic E-state index is 13.5. The fourth-order valence-electron chi connectivity index (χ4n) is 1.99. The molecular weight excluding hydrogens is 391 g/mol. The minimum Gasteiger partial charge on any atom is -0.206 e. The Morgan fingerprint density at radius 1 is 1.00 bits per heavy atom. The molecule has 0 bridgehead atoms. The van der Waals surface area contributed by atoms with E-state index in [9.17, 15) is 17.2 Å². The molecule has 0 spiro atoms. The van der Waals surface area contributed by atoms with Gasteiger partial charge < -0.3 is 0 Å². The fourth-order valence-corrected chi connectivity index (χ4v) is 4.34. The van der Waals surface area contributed by atoms with E-state index in [0.29, 0.717) is 5.02 Å².